The molecular formula is C14H18N2O3. The number of piperidine rings is 1. The van der Waals surface area contributed by atoms with Gasteiger partial charge in [0.05, 0.1) is 0 Å². The first-order chi connectivity index (χ1) is 9.16. The Kier molecular flexibility index (Phi) is 2.93. The number of epoxide rings is 1. The highest BCUT2D eigenvalue weighted by molar-refractivity contribution is 5.65. The molecule has 1 unspecified atom stereocenters. The third-order valence-electron chi connectivity index (χ3n) is 4.20. The predicted octanol–water partition coefficient (Wildman–Crippen LogP) is 2.23. The maximum atomic E-state index is 10.9. The molecule has 1 atom stereocenters. The van der Waals surface area contributed by atoms with Gasteiger partial charge in [0, 0.05) is 30.5 Å². The van der Waals surface area contributed by atoms with Crippen LogP contribution in [-0.2, 0) is 11.2 Å². The molecule has 2 fully saturated rings. The summed E-state index contributed by atoms with van der Waals surface area (Å²) in [5.41, 5.74) is 2.12. The third-order valence-corrected chi connectivity index (χ3v) is 4.20. The van der Waals surface area contributed by atoms with Gasteiger partial charge in [-0.3, -0.25) is 4.98 Å². The van der Waals surface area contributed by atoms with E-state index in [-0.39, 0.29) is 11.7 Å². The van der Waals surface area contributed by atoms with Gasteiger partial charge in [-0.05, 0) is 25.3 Å². The molecule has 2 aliphatic rings. The maximum absolute atomic E-state index is 10.9. The van der Waals surface area contributed by atoms with Crippen LogP contribution in [0.4, 0.5) is 4.79 Å². The van der Waals surface area contributed by atoms with E-state index in [1.165, 1.54) is 10.5 Å². The second-order valence-electron chi connectivity index (χ2n) is 5.23. The van der Waals surface area contributed by atoms with Gasteiger partial charge in [0.15, 0.2) is 0 Å². The highest BCUT2D eigenvalue weighted by Gasteiger charge is 2.58. The molecule has 102 valence electrons. The largest absolute Gasteiger partial charge is 0.465 e. The second-order valence-corrected chi connectivity index (χ2v) is 5.23. The Labute approximate surface area is 112 Å². The lowest BCUT2D eigenvalue weighted by atomic mass is 9.89. The van der Waals surface area contributed by atoms with Crippen LogP contribution in [0, 0.1) is 0 Å². The number of likely N-dealkylation sites (tertiary alicyclic amines) is 1. The molecule has 1 amide bonds. The van der Waals surface area contributed by atoms with Crippen LogP contribution < -0.4 is 0 Å². The van der Waals surface area contributed by atoms with Gasteiger partial charge in [-0.25, -0.2) is 4.79 Å². The molecule has 0 radical (unpaired) electrons. The van der Waals surface area contributed by atoms with Crippen molar-refractivity contribution in [2.45, 2.75) is 37.9 Å². The van der Waals surface area contributed by atoms with Crippen molar-refractivity contribution in [1.29, 1.82) is 0 Å². The number of ether oxygens (including phenoxy) is 1. The van der Waals surface area contributed by atoms with E-state index in [9.17, 15) is 4.79 Å². The van der Waals surface area contributed by atoms with Crippen LogP contribution in [0.15, 0.2) is 18.3 Å². The molecule has 2 aliphatic heterocycles. The summed E-state index contributed by atoms with van der Waals surface area (Å²) < 4.78 is 5.94. The second kappa shape index (κ2) is 4.49. The van der Waals surface area contributed by atoms with Crippen LogP contribution >= 0.6 is 0 Å². The van der Waals surface area contributed by atoms with Crippen molar-refractivity contribution in [1.82, 2.24) is 9.88 Å². The summed E-state index contributed by atoms with van der Waals surface area (Å²) in [6.07, 6.45) is 3.54. The quantitative estimate of drug-likeness (QED) is 0.830. The zero-order valence-corrected chi connectivity index (χ0v) is 11.0. The van der Waals surface area contributed by atoms with Crippen LogP contribution in [0.3, 0.4) is 0 Å². The number of aryl methyl sites for hydroxylation is 1. The SMILES string of the molecule is CCc1ncccc1C1OC12CCN(C(=O)O)CC2. The lowest BCUT2D eigenvalue weighted by Gasteiger charge is -2.28. The Morgan fingerprint density at radius 2 is 2.32 bits per heavy atom. The number of nitrogens with zero attached hydrogens (tertiary/aromatic N) is 2. The molecule has 5 nitrogen and oxygen atoms in total. The third kappa shape index (κ3) is 2.08. The first kappa shape index (κ1) is 12.4. The average Bonchev–Trinajstić information content (AvgIpc) is 3.12. The number of pyridine rings is 1. The van der Waals surface area contributed by atoms with Gasteiger partial charge in [0.1, 0.15) is 11.7 Å². The minimum atomic E-state index is -0.831. The Balaban J connectivity index is 1.73. The van der Waals surface area contributed by atoms with E-state index in [2.05, 4.69) is 18.0 Å². The first-order valence-electron chi connectivity index (χ1n) is 6.76. The summed E-state index contributed by atoms with van der Waals surface area (Å²) >= 11 is 0. The van der Waals surface area contributed by atoms with E-state index in [1.807, 2.05) is 12.3 Å². The van der Waals surface area contributed by atoms with Crippen LogP contribution in [-0.4, -0.2) is 39.8 Å². The zero-order chi connectivity index (χ0) is 13.5. The standard InChI is InChI=1S/C14H18N2O3/c1-2-11-10(4-3-7-15-11)12-14(19-12)5-8-16(9-6-14)13(17)18/h3-4,7,12H,2,5-6,8-9H2,1H3,(H,17,18). The summed E-state index contributed by atoms with van der Waals surface area (Å²) in [7, 11) is 0. The highest BCUT2D eigenvalue weighted by atomic mass is 16.6. The van der Waals surface area contributed by atoms with Crippen molar-refractivity contribution in [3.8, 4) is 0 Å². The van der Waals surface area contributed by atoms with Gasteiger partial charge >= 0.3 is 6.09 Å². The molecule has 19 heavy (non-hydrogen) atoms. The Morgan fingerprint density at radius 3 is 2.95 bits per heavy atom. The van der Waals surface area contributed by atoms with Crippen molar-refractivity contribution < 1.29 is 14.6 Å². The number of carboxylic acid groups (broad SMARTS) is 1. The molecule has 0 aliphatic carbocycles. The minimum absolute atomic E-state index is 0.104. The van der Waals surface area contributed by atoms with Gasteiger partial charge in [0.25, 0.3) is 0 Å². The fourth-order valence-corrected chi connectivity index (χ4v) is 2.99. The van der Waals surface area contributed by atoms with Crippen molar-refractivity contribution in [2.75, 3.05) is 13.1 Å². The summed E-state index contributed by atoms with van der Waals surface area (Å²) in [4.78, 5) is 16.8. The van der Waals surface area contributed by atoms with E-state index in [0.717, 1.165) is 25.0 Å². The number of aromatic nitrogens is 1. The summed E-state index contributed by atoms with van der Waals surface area (Å²) in [5.74, 6) is 0. The number of carbonyl (C=O) groups is 1. The van der Waals surface area contributed by atoms with Crippen LogP contribution in [0.25, 0.3) is 0 Å². The van der Waals surface area contributed by atoms with Crippen LogP contribution in [0.5, 0.6) is 0 Å². The fraction of sp³-hybridized carbons (Fsp3) is 0.571. The van der Waals surface area contributed by atoms with Crippen molar-refractivity contribution in [3.63, 3.8) is 0 Å². The minimum Gasteiger partial charge on any atom is -0.465 e. The predicted molar refractivity (Wildman–Crippen MR) is 69.0 cm³/mol. The van der Waals surface area contributed by atoms with Crippen molar-refractivity contribution in [2.24, 2.45) is 0 Å². The number of amides is 1. The zero-order valence-electron chi connectivity index (χ0n) is 11.0. The molecule has 0 saturated carbocycles. The number of hydrogen-bond donors (Lipinski definition) is 1. The molecule has 5 heteroatoms. The highest BCUT2D eigenvalue weighted by Crippen LogP contribution is 2.56. The van der Waals surface area contributed by atoms with Crippen LogP contribution in [0.1, 0.15) is 37.1 Å². The molecule has 1 aromatic rings. The molecule has 1 aromatic heterocycles. The lowest BCUT2D eigenvalue weighted by Crippen LogP contribution is -2.40. The van der Waals surface area contributed by atoms with E-state index in [0.29, 0.717) is 13.1 Å². The molecule has 0 bridgehead atoms. The number of hydrogen-bond acceptors (Lipinski definition) is 3. The molecular weight excluding hydrogens is 244 g/mol. The monoisotopic (exact) mass is 262 g/mol. The van der Waals surface area contributed by atoms with Gasteiger partial charge in [-0.2, -0.15) is 0 Å². The average molecular weight is 262 g/mol. The van der Waals surface area contributed by atoms with E-state index in [1.54, 1.807) is 0 Å². The Hall–Kier alpha value is -1.62. The molecule has 0 aromatic carbocycles. The smallest absolute Gasteiger partial charge is 0.407 e. The summed E-state index contributed by atoms with van der Waals surface area (Å²) in [6.45, 7) is 3.22. The van der Waals surface area contributed by atoms with E-state index in [4.69, 9.17) is 9.84 Å². The van der Waals surface area contributed by atoms with E-state index < -0.39 is 6.09 Å². The van der Waals surface area contributed by atoms with Gasteiger partial charge in [-0.1, -0.05) is 13.0 Å². The molecule has 3 rings (SSSR count). The van der Waals surface area contributed by atoms with E-state index >= 15 is 0 Å². The van der Waals surface area contributed by atoms with Crippen molar-refractivity contribution in [3.05, 3.63) is 29.6 Å². The lowest BCUT2D eigenvalue weighted by molar-refractivity contribution is 0.113. The van der Waals surface area contributed by atoms with Crippen LogP contribution in [0.2, 0.25) is 0 Å². The van der Waals surface area contributed by atoms with Gasteiger partial charge in [-0.15, -0.1) is 0 Å². The maximum Gasteiger partial charge on any atom is 0.407 e. The summed E-state index contributed by atoms with van der Waals surface area (Å²) in [5, 5.41) is 8.97. The summed E-state index contributed by atoms with van der Waals surface area (Å²) in [6, 6.07) is 4.02. The van der Waals surface area contributed by atoms with Crippen molar-refractivity contribution >= 4 is 6.09 Å². The Morgan fingerprint density at radius 1 is 1.58 bits per heavy atom. The number of rotatable bonds is 2. The molecule has 1 spiro atoms. The first-order valence-corrected chi connectivity index (χ1v) is 6.76. The topological polar surface area (TPSA) is 66.0 Å². The molecule has 2 saturated heterocycles. The normalized spacial score (nSPS) is 24.5. The Bertz CT molecular complexity index is 495. The molecule has 1 N–H and O–H groups in total. The fourth-order valence-electron chi connectivity index (χ4n) is 2.99. The molecule has 3 heterocycles. The van der Waals surface area contributed by atoms with Gasteiger partial charge in [0.2, 0.25) is 0 Å². The van der Waals surface area contributed by atoms with Gasteiger partial charge < -0.3 is 14.7 Å².